The Morgan fingerprint density at radius 3 is 2.90 bits per heavy atom. The molecule has 0 saturated carbocycles. The van der Waals surface area contributed by atoms with E-state index in [2.05, 4.69) is 5.32 Å². The number of rotatable bonds is 6. The molecule has 1 unspecified atom stereocenters. The fraction of sp³-hybridized carbons (Fsp3) is 0.267. The molecule has 1 aromatic heterocycles. The van der Waals surface area contributed by atoms with Crippen LogP contribution in [-0.2, 0) is 11.3 Å². The van der Waals surface area contributed by atoms with Crippen molar-refractivity contribution in [3.8, 4) is 0 Å². The first-order valence-electron chi connectivity index (χ1n) is 6.48. The Labute approximate surface area is 128 Å². The number of carbonyl (C=O) groups excluding carboxylic acids is 1. The number of hydrogen-bond donors (Lipinski definition) is 2. The number of benzene rings is 1. The molecule has 112 valence electrons. The summed E-state index contributed by atoms with van der Waals surface area (Å²) in [6.45, 7) is 0.593. The molecule has 0 spiro atoms. The van der Waals surface area contributed by atoms with Gasteiger partial charge in [-0.2, -0.15) is 0 Å². The van der Waals surface area contributed by atoms with Gasteiger partial charge in [-0.25, -0.2) is 0 Å². The molecule has 6 heteroatoms. The van der Waals surface area contributed by atoms with Crippen LogP contribution < -0.4 is 11.1 Å². The summed E-state index contributed by atoms with van der Waals surface area (Å²) in [5.74, 6) is 0.334. The van der Waals surface area contributed by atoms with E-state index < -0.39 is 0 Å². The first kappa shape index (κ1) is 15.6. The number of amides is 1. The molecule has 5 nitrogen and oxygen atoms in total. The lowest BCUT2D eigenvalue weighted by molar-refractivity contribution is 0.0827. The van der Waals surface area contributed by atoms with Crippen molar-refractivity contribution in [2.75, 3.05) is 13.7 Å². The summed E-state index contributed by atoms with van der Waals surface area (Å²) >= 11 is 5.96. The summed E-state index contributed by atoms with van der Waals surface area (Å²) in [6, 6.07) is 8.96. The first-order chi connectivity index (χ1) is 10.1. The summed E-state index contributed by atoms with van der Waals surface area (Å²) in [4.78, 5) is 12.0. The molecular formula is C15H17ClN2O3. The molecule has 2 aromatic rings. The lowest BCUT2D eigenvalue weighted by atomic mass is 10.1. The second kappa shape index (κ2) is 7.26. The molecule has 1 aromatic carbocycles. The summed E-state index contributed by atoms with van der Waals surface area (Å²) in [5, 5.41) is 3.43. The van der Waals surface area contributed by atoms with Crippen LogP contribution in [0.3, 0.4) is 0 Å². The van der Waals surface area contributed by atoms with Crippen LogP contribution in [0.25, 0.3) is 0 Å². The minimum Gasteiger partial charge on any atom is -0.467 e. The maximum atomic E-state index is 12.0. The maximum absolute atomic E-state index is 12.0. The van der Waals surface area contributed by atoms with Crippen LogP contribution in [0.5, 0.6) is 0 Å². The Balaban J connectivity index is 1.98. The fourth-order valence-electron chi connectivity index (χ4n) is 1.94. The molecule has 1 amide bonds. The average molecular weight is 309 g/mol. The Kier molecular flexibility index (Phi) is 5.38. The highest BCUT2D eigenvalue weighted by Crippen LogP contribution is 2.20. The molecule has 0 aliphatic carbocycles. The van der Waals surface area contributed by atoms with Gasteiger partial charge < -0.3 is 20.2 Å². The third-order valence-corrected chi connectivity index (χ3v) is 3.31. The zero-order chi connectivity index (χ0) is 15.2. The molecule has 0 radical (unpaired) electrons. The van der Waals surface area contributed by atoms with Crippen molar-refractivity contribution in [2.45, 2.75) is 12.6 Å². The highest BCUT2D eigenvalue weighted by atomic mass is 35.5. The van der Waals surface area contributed by atoms with Gasteiger partial charge in [0.15, 0.2) is 0 Å². The molecule has 0 saturated heterocycles. The lowest BCUT2D eigenvalue weighted by Gasteiger charge is -2.16. The SMILES string of the molecule is COC(CNC(=O)c1coc(CN)c1)c1cccc(Cl)c1. The standard InChI is InChI=1S/C15H17ClN2O3/c1-20-14(10-3-2-4-12(16)5-10)8-18-15(19)11-6-13(7-17)21-9-11/h2-6,9,14H,7-8,17H2,1H3,(H,18,19). The van der Waals surface area contributed by atoms with Crippen LogP contribution >= 0.6 is 11.6 Å². The monoisotopic (exact) mass is 308 g/mol. The van der Waals surface area contributed by atoms with Crippen molar-refractivity contribution in [3.05, 3.63) is 58.5 Å². The van der Waals surface area contributed by atoms with E-state index in [1.54, 1.807) is 19.2 Å². The second-order valence-electron chi connectivity index (χ2n) is 4.50. The van der Waals surface area contributed by atoms with E-state index in [4.69, 9.17) is 26.5 Å². The molecule has 1 atom stereocenters. The zero-order valence-corrected chi connectivity index (χ0v) is 12.4. The summed E-state index contributed by atoms with van der Waals surface area (Å²) in [5.41, 5.74) is 6.78. The largest absolute Gasteiger partial charge is 0.467 e. The van der Waals surface area contributed by atoms with Gasteiger partial charge in [-0.3, -0.25) is 4.79 Å². The molecule has 0 aliphatic heterocycles. The summed E-state index contributed by atoms with van der Waals surface area (Å²) in [7, 11) is 1.59. The van der Waals surface area contributed by atoms with Gasteiger partial charge in [0.25, 0.3) is 5.91 Å². The molecule has 21 heavy (non-hydrogen) atoms. The van der Waals surface area contributed by atoms with Crippen LogP contribution in [0, 0.1) is 0 Å². The van der Waals surface area contributed by atoms with Crippen LogP contribution in [-0.4, -0.2) is 19.6 Å². The number of nitrogens with one attached hydrogen (secondary N) is 1. The molecule has 0 bridgehead atoms. The van der Waals surface area contributed by atoms with E-state index in [0.717, 1.165) is 5.56 Å². The van der Waals surface area contributed by atoms with E-state index in [0.29, 0.717) is 22.9 Å². The number of methoxy groups -OCH3 is 1. The van der Waals surface area contributed by atoms with Crippen molar-refractivity contribution >= 4 is 17.5 Å². The van der Waals surface area contributed by atoms with E-state index in [1.807, 2.05) is 18.2 Å². The third kappa shape index (κ3) is 4.07. The number of ether oxygens (including phenoxy) is 1. The van der Waals surface area contributed by atoms with Gasteiger partial charge >= 0.3 is 0 Å². The van der Waals surface area contributed by atoms with Gasteiger partial charge in [0, 0.05) is 18.7 Å². The van der Waals surface area contributed by atoms with E-state index in [9.17, 15) is 4.79 Å². The van der Waals surface area contributed by atoms with E-state index >= 15 is 0 Å². The minimum atomic E-state index is -0.270. The highest BCUT2D eigenvalue weighted by molar-refractivity contribution is 6.30. The van der Waals surface area contributed by atoms with Gasteiger partial charge in [0.05, 0.1) is 18.2 Å². The predicted octanol–water partition coefficient (Wildman–Crippen LogP) is 2.51. The topological polar surface area (TPSA) is 77.5 Å². The summed E-state index contributed by atoms with van der Waals surface area (Å²) < 4.78 is 10.5. The third-order valence-electron chi connectivity index (χ3n) is 3.07. The van der Waals surface area contributed by atoms with Crippen molar-refractivity contribution in [3.63, 3.8) is 0 Å². The number of nitrogens with two attached hydrogens (primary N) is 1. The van der Waals surface area contributed by atoms with Gasteiger partial charge in [-0.1, -0.05) is 23.7 Å². The second-order valence-corrected chi connectivity index (χ2v) is 4.93. The van der Waals surface area contributed by atoms with Crippen LogP contribution in [0.15, 0.2) is 41.0 Å². The van der Waals surface area contributed by atoms with Crippen LogP contribution in [0.1, 0.15) is 27.8 Å². The Morgan fingerprint density at radius 1 is 1.48 bits per heavy atom. The quantitative estimate of drug-likeness (QED) is 0.859. The number of halogens is 1. The van der Waals surface area contributed by atoms with Gasteiger partial charge in [0.1, 0.15) is 12.0 Å². The minimum absolute atomic E-state index is 0.234. The zero-order valence-electron chi connectivity index (χ0n) is 11.6. The fourth-order valence-corrected chi connectivity index (χ4v) is 2.14. The molecule has 0 aliphatic rings. The van der Waals surface area contributed by atoms with Gasteiger partial charge in [0.2, 0.25) is 0 Å². The number of furan rings is 1. The average Bonchev–Trinajstić information content (AvgIpc) is 2.97. The van der Waals surface area contributed by atoms with Crippen LogP contribution in [0.4, 0.5) is 0 Å². The molecule has 1 heterocycles. The normalized spacial score (nSPS) is 12.1. The molecule has 3 N–H and O–H groups in total. The predicted molar refractivity (Wildman–Crippen MR) is 80.1 cm³/mol. The Bertz CT molecular complexity index is 612. The van der Waals surface area contributed by atoms with Crippen LogP contribution in [0.2, 0.25) is 5.02 Å². The van der Waals surface area contributed by atoms with E-state index in [-0.39, 0.29) is 18.6 Å². The Morgan fingerprint density at radius 2 is 2.29 bits per heavy atom. The molecular weight excluding hydrogens is 292 g/mol. The molecule has 2 rings (SSSR count). The van der Waals surface area contributed by atoms with E-state index in [1.165, 1.54) is 6.26 Å². The lowest BCUT2D eigenvalue weighted by Crippen LogP contribution is -2.28. The summed E-state index contributed by atoms with van der Waals surface area (Å²) in [6.07, 6.45) is 1.12. The number of hydrogen-bond acceptors (Lipinski definition) is 4. The number of carbonyl (C=O) groups is 1. The maximum Gasteiger partial charge on any atom is 0.254 e. The van der Waals surface area contributed by atoms with Gasteiger partial charge in [-0.05, 0) is 23.8 Å². The Hall–Kier alpha value is -1.82. The van der Waals surface area contributed by atoms with Crippen molar-refractivity contribution in [1.29, 1.82) is 0 Å². The van der Waals surface area contributed by atoms with Gasteiger partial charge in [-0.15, -0.1) is 0 Å². The van der Waals surface area contributed by atoms with Crippen molar-refractivity contribution in [1.82, 2.24) is 5.32 Å². The van der Waals surface area contributed by atoms with Crippen molar-refractivity contribution < 1.29 is 13.9 Å². The van der Waals surface area contributed by atoms with Crippen molar-refractivity contribution in [2.24, 2.45) is 5.73 Å². The first-order valence-corrected chi connectivity index (χ1v) is 6.85. The highest BCUT2D eigenvalue weighted by Gasteiger charge is 2.14. The molecule has 0 fully saturated rings. The smallest absolute Gasteiger partial charge is 0.254 e.